The topological polar surface area (TPSA) is 12.0 Å². The number of hydrogen-bond donors (Lipinski definition) is 1. The van der Waals surface area contributed by atoms with Gasteiger partial charge in [0.15, 0.2) is 0 Å². The molecule has 2 aromatic carbocycles. The molecule has 0 spiro atoms. The molecule has 0 fully saturated rings. The highest BCUT2D eigenvalue weighted by molar-refractivity contribution is 9.10. The average Bonchev–Trinajstić information content (AvgIpc) is 2.44. The van der Waals surface area contributed by atoms with Crippen LogP contribution in [0.3, 0.4) is 0 Å². The summed E-state index contributed by atoms with van der Waals surface area (Å²) in [4.78, 5) is 0. The Morgan fingerprint density at radius 2 is 1.90 bits per heavy atom. The van der Waals surface area contributed by atoms with E-state index in [9.17, 15) is 0 Å². The summed E-state index contributed by atoms with van der Waals surface area (Å²) in [5.74, 6) is 0. The van der Waals surface area contributed by atoms with Crippen LogP contribution in [0.1, 0.15) is 35.2 Å². The van der Waals surface area contributed by atoms with Gasteiger partial charge in [0, 0.05) is 15.5 Å². The molecule has 1 unspecified atom stereocenters. The number of likely N-dealkylation sites (N-methyl/N-ethyl adjacent to an activating group) is 1. The fraction of sp³-hybridized carbons (Fsp3) is 0.333. The van der Waals surface area contributed by atoms with E-state index >= 15 is 0 Å². The lowest BCUT2D eigenvalue weighted by Gasteiger charge is -2.20. The van der Waals surface area contributed by atoms with Gasteiger partial charge in [-0.15, -0.1) is 0 Å². The van der Waals surface area contributed by atoms with Gasteiger partial charge < -0.3 is 5.32 Å². The van der Waals surface area contributed by atoms with Crippen molar-refractivity contribution in [2.45, 2.75) is 33.2 Å². The predicted molar refractivity (Wildman–Crippen MR) is 95.2 cm³/mol. The van der Waals surface area contributed by atoms with E-state index in [0.29, 0.717) is 0 Å². The molecule has 0 aliphatic carbocycles. The van der Waals surface area contributed by atoms with E-state index < -0.39 is 0 Å². The van der Waals surface area contributed by atoms with E-state index in [2.05, 4.69) is 72.3 Å². The molecule has 2 aromatic rings. The van der Waals surface area contributed by atoms with Crippen LogP contribution in [0.2, 0.25) is 5.02 Å². The Balaban J connectivity index is 2.28. The SMILES string of the molecule is CCNC(Cc1ccc(C)cc1Cl)c1ccc(Br)c(C)c1. The van der Waals surface area contributed by atoms with Crippen LogP contribution in [0.4, 0.5) is 0 Å². The highest BCUT2D eigenvalue weighted by Gasteiger charge is 2.14. The van der Waals surface area contributed by atoms with Crippen LogP contribution in [0.5, 0.6) is 0 Å². The van der Waals surface area contributed by atoms with Crippen LogP contribution >= 0.6 is 27.5 Å². The van der Waals surface area contributed by atoms with Gasteiger partial charge in [-0.05, 0) is 61.2 Å². The van der Waals surface area contributed by atoms with Gasteiger partial charge in [-0.25, -0.2) is 0 Å². The molecular weight excluding hydrogens is 346 g/mol. The highest BCUT2D eigenvalue weighted by atomic mass is 79.9. The number of nitrogens with one attached hydrogen (secondary N) is 1. The van der Waals surface area contributed by atoms with Gasteiger partial charge in [-0.1, -0.05) is 58.7 Å². The van der Waals surface area contributed by atoms with Crippen LogP contribution in [0.15, 0.2) is 40.9 Å². The van der Waals surface area contributed by atoms with Crippen molar-refractivity contribution in [1.29, 1.82) is 0 Å². The van der Waals surface area contributed by atoms with Gasteiger partial charge in [0.05, 0.1) is 0 Å². The minimum absolute atomic E-state index is 0.280. The minimum atomic E-state index is 0.280. The van der Waals surface area contributed by atoms with Gasteiger partial charge in [0.25, 0.3) is 0 Å². The van der Waals surface area contributed by atoms with E-state index in [0.717, 1.165) is 22.5 Å². The van der Waals surface area contributed by atoms with E-state index in [-0.39, 0.29) is 6.04 Å². The van der Waals surface area contributed by atoms with E-state index in [1.807, 2.05) is 6.07 Å². The molecular formula is C18H21BrClN. The standard InChI is InChI=1S/C18H21BrClN/c1-4-21-18(15-7-8-16(19)13(3)10-15)11-14-6-5-12(2)9-17(14)20/h5-10,18,21H,4,11H2,1-3H3. The van der Waals surface area contributed by atoms with Crippen molar-refractivity contribution >= 4 is 27.5 Å². The third kappa shape index (κ3) is 4.32. The minimum Gasteiger partial charge on any atom is -0.310 e. The van der Waals surface area contributed by atoms with E-state index in [1.165, 1.54) is 22.3 Å². The number of benzene rings is 2. The van der Waals surface area contributed by atoms with Crippen LogP contribution in [0.25, 0.3) is 0 Å². The Morgan fingerprint density at radius 3 is 2.52 bits per heavy atom. The van der Waals surface area contributed by atoms with Gasteiger partial charge in [0.1, 0.15) is 0 Å². The molecule has 0 saturated carbocycles. The Morgan fingerprint density at radius 1 is 1.14 bits per heavy atom. The number of halogens is 2. The number of aryl methyl sites for hydroxylation is 2. The van der Waals surface area contributed by atoms with Crippen LogP contribution in [-0.4, -0.2) is 6.54 Å². The summed E-state index contributed by atoms with van der Waals surface area (Å²) in [7, 11) is 0. The first-order chi connectivity index (χ1) is 10.0. The second kappa shape index (κ2) is 7.44. The molecule has 0 aliphatic rings. The molecule has 0 amide bonds. The lowest BCUT2D eigenvalue weighted by molar-refractivity contribution is 0.549. The van der Waals surface area contributed by atoms with Crippen molar-refractivity contribution in [3.63, 3.8) is 0 Å². The first-order valence-electron chi connectivity index (χ1n) is 7.25. The lowest BCUT2D eigenvalue weighted by atomic mass is 9.97. The molecule has 21 heavy (non-hydrogen) atoms. The maximum Gasteiger partial charge on any atom is 0.0441 e. The maximum atomic E-state index is 6.38. The van der Waals surface area contributed by atoms with Crippen LogP contribution in [0, 0.1) is 13.8 Å². The van der Waals surface area contributed by atoms with E-state index in [1.54, 1.807) is 0 Å². The quantitative estimate of drug-likeness (QED) is 0.725. The van der Waals surface area contributed by atoms with Crippen molar-refractivity contribution in [3.05, 3.63) is 68.1 Å². The smallest absolute Gasteiger partial charge is 0.0441 e. The van der Waals surface area contributed by atoms with Crippen LogP contribution < -0.4 is 5.32 Å². The summed E-state index contributed by atoms with van der Waals surface area (Å²) >= 11 is 9.94. The van der Waals surface area contributed by atoms with E-state index in [4.69, 9.17) is 11.6 Å². The number of rotatable bonds is 5. The largest absolute Gasteiger partial charge is 0.310 e. The fourth-order valence-electron chi connectivity index (χ4n) is 2.48. The number of hydrogen-bond acceptors (Lipinski definition) is 1. The summed E-state index contributed by atoms with van der Waals surface area (Å²) in [6.45, 7) is 7.25. The van der Waals surface area contributed by atoms with Gasteiger partial charge in [-0.2, -0.15) is 0 Å². The summed E-state index contributed by atoms with van der Waals surface area (Å²) in [5, 5.41) is 4.42. The van der Waals surface area contributed by atoms with Gasteiger partial charge in [0.2, 0.25) is 0 Å². The summed E-state index contributed by atoms with van der Waals surface area (Å²) < 4.78 is 1.15. The summed E-state index contributed by atoms with van der Waals surface area (Å²) in [6, 6.07) is 13.1. The monoisotopic (exact) mass is 365 g/mol. The molecule has 3 heteroatoms. The normalized spacial score (nSPS) is 12.4. The zero-order valence-electron chi connectivity index (χ0n) is 12.7. The molecule has 0 aliphatic heterocycles. The molecule has 1 nitrogen and oxygen atoms in total. The Labute approximate surface area is 140 Å². The molecule has 0 bridgehead atoms. The molecule has 0 saturated heterocycles. The molecule has 2 rings (SSSR count). The Kier molecular flexibility index (Phi) is 5.86. The molecule has 1 atom stereocenters. The molecule has 0 aromatic heterocycles. The van der Waals surface area contributed by atoms with Gasteiger partial charge >= 0.3 is 0 Å². The maximum absolute atomic E-state index is 6.38. The van der Waals surface area contributed by atoms with Crippen molar-refractivity contribution in [2.24, 2.45) is 0 Å². The van der Waals surface area contributed by atoms with Crippen LogP contribution in [-0.2, 0) is 6.42 Å². The molecule has 1 N–H and O–H groups in total. The first-order valence-corrected chi connectivity index (χ1v) is 8.42. The lowest BCUT2D eigenvalue weighted by Crippen LogP contribution is -2.23. The third-order valence-electron chi connectivity index (χ3n) is 3.67. The zero-order chi connectivity index (χ0) is 15.4. The molecule has 0 heterocycles. The van der Waals surface area contributed by atoms with Crippen molar-refractivity contribution in [2.75, 3.05) is 6.54 Å². The predicted octanol–water partition coefficient (Wildman–Crippen LogP) is 5.61. The average molecular weight is 367 g/mol. The summed E-state index contributed by atoms with van der Waals surface area (Å²) in [5.41, 5.74) is 4.94. The van der Waals surface area contributed by atoms with Gasteiger partial charge in [-0.3, -0.25) is 0 Å². The summed E-state index contributed by atoms with van der Waals surface area (Å²) in [6.07, 6.45) is 0.897. The molecule has 0 radical (unpaired) electrons. The first kappa shape index (κ1) is 16.5. The zero-order valence-corrected chi connectivity index (χ0v) is 15.1. The molecule has 112 valence electrons. The van der Waals surface area contributed by atoms with Crippen molar-refractivity contribution in [1.82, 2.24) is 5.32 Å². The highest BCUT2D eigenvalue weighted by Crippen LogP contribution is 2.27. The van der Waals surface area contributed by atoms with Crippen molar-refractivity contribution < 1.29 is 0 Å². The van der Waals surface area contributed by atoms with Crippen molar-refractivity contribution in [3.8, 4) is 0 Å². The third-order valence-corrected chi connectivity index (χ3v) is 4.91. The Bertz CT molecular complexity index is 625. The Hall–Kier alpha value is -0.830. The fourth-order valence-corrected chi connectivity index (χ4v) is 3.04. The second-order valence-electron chi connectivity index (χ2n) is 5.42. The second-order valence-corrected chi connectivity index (χ2v) is 6.68.